The summed E-state index contributed by atoms with van der Waals surface area (Å²) in [5.41, 5.74) is 6.04. The van der Waals surface area contributed by atoms with Crippen LogP contribution >= 0.6 is 15.9 Å². The molecule has 0 unspecified atom stereocenters. The molecule has 0 saturated carbocycles. The van der Waals surface area contributed by atoms with E-state index < -0.39 is 10.0 Å². The number of halogens is 1. The Morgan fingerprint density at radius 2 is 2.19 bits per heavy atom. The molecule has 0 fully saturated rings. The van der Waals surface area contributed by atoms with E-state index in [0.29, 0.717) is 4.47 Å². The zero-order valence-electron chi connectivity index (χ0n) is 11.7. The van der Waals surface area contributed by atoms with Crippen LogP contribution in [0.5, 0.6) is 0 Å². The molecule has 0 bridgehead atoms. The maximum atomic E-state index is 12.0. The van der Waals surface area contributed by atoms with Crippen molar-refractivity contribution in [1.82, 2.24) is 0 Å². The molecule has 0 aromatic heterocycles. The summed E-state index contributed by atoms with van der Waals surface area (Å²) >= 11 is 3.24. The summed E-state index contributed by atoms with van der Waals surface area (Å²) in [5, 5.41) is 11.6. The first-order chi connectivity index (χ1) is 9.75. The van der Waals surface area contributed by atoms with Gasteiger partial charge in [0.25, 0.3) is 0 Å². The van der Waals surface area contributed by atoms with Crippen LogP contribution in [-0.4, -0.2) is 37.9 Å². The minimum Gasteiger partial charge on any atom is -0.409 e. The van der Waals surface area contributed by atoms with E-state index in [4.69, 9.17) is 15.7 Å². The summed E-state index contributed by atoms with van der Waals surface area (Å²) in [6.45, 7) is 3.73. The number of ether oxygens (including phenoxy) is 1. The van der Waals surface area contributed by atoms with Crippen molar-refractivity contribution in [3.05, 3.63) is 28.2 Å². The number of rotatable bonds is 7. The number of anilines is 1. The lowest BCUT2D eigenvalue weighted by Crippen LogP contribution is -2.24. The van der Waals surface area contributed by atoms with E-state index >= 15 is 0 Å². The molecule has 9 heteroatoms. The van der Waals surface area contributed by atoms with Gasteiger partial charge in [-0.1, -0.05) is 21.1 Å². The maximum Gasteiger partial charge on any atom is 0.235 e. The number of hydrogen-bond donors (Lipinski definition) is 3. The summed E-state index contributed by atoms with van der Waals surface area (Å²) in [7, 11) is -3.60. The summed E-state index contributed by atoms with van der Waals surface area (Å²) < 4.78 is 32.3. The van der Waals surface area contributed by atoms with Crippen LogP contribution in [0.3, 0.4) is 0 Å². The Balaban J connectivity index is 2.93. The molecule has 0 aliphatic rings. The number of hydrogen-bond acceptors (Lipinski definition) is 5. The van der Waals surface area contributed by atoms with Gasteiger partial charge in [-0.15, -0.1) is 0 Å². The van der Waals surface area contributed by atoms with Crippen LogP contribution in [0.25, 0.3) is 0 Å². The lowest BCUT2D eigenvalue weighted by Gasteiger charge is -2.13. The van der Waals surface area contributed by atoms with Crippen molar-refractivity contribution in [2.75, 3.05) is 17.1 Å². The fourth-order valence-corrected chi connectivity index (χ4v) is 2.77. The third kappa shape index (κ3) is 5.90. The highest BCUT2D eigenvalue weighted by molar-refractivity contribution is 9.10. The topological polar surface area (TPSA) is 114 Å². The molecule has 0 aliphatic heterocycles. The first-order valence-corrected chi connectivity index (χ1v) is 8.59. The fourth-order valence-electron chi connectivity index (χ4n) is 1.49. The summed E-state index contributed by atoms with van der Waals surface area (Å²) in [4.78, 5) is 0. The Labute approximate surface area is 132 Å². The van der Waals surface area contributed by atoms with Gasteiger partial charge in [0.15, 0.2) is 5.84 Å². The third-order valence-electron chi connectivity index (χ3n) is 2.43. The van der Waals surface area contributed by atoms with E-state index in [2.05, 4.69) is 25.8 Å². The lowest BCUT2D eigenvalue weighted by atomic mass is 10.2. The van der Waals surface area contributed by atoms with Crippen LogP contribution in [0.4, 0.5) is 5.69 Å². The quantitative estimate of drug-likeness (QED) is 0.288. The molecule has 0 heterocycles. The molecule has 7 nitrogen and oxygen atoms in total. The van der Waals surface area contributed by atoms with Gasteiger partial charge in [0.2, 0.25) is 10.0 Å². The normalized spacial score (nSPS) is 12.7. The van der Waals surface area contributed by atoms with Gasteiger partial charge in [-0.25, -0.2) is 8.42 Å². The van der Waals surface area contributed by atoms with Crippen molar-refractivity contribution in [2.45, 2.75) is 20.0 Å². The largest absolute Gasteiger partial charge is 0.409 e. The van der Waals surface area contributed by atoms with Crippen molar-refractivity contribution in [3.8, 4) is 0 Å². The summed E-state index contributed by atoms with van der Waals surface area (Å²) in [6.07, 6.45) is -0.0428. The van der Waals surface area contributed by atoms with Gasteiger partial charge in [0.05, 0.1) is 24.2 Å². The van der Waals surface area contributed by atoms with Crippen LogP contribution < -0.4 is 10.5 Å². The molecule has 0 saturated heterocycles. The molecular weight excluding hydrogens is 362 g/mol. The van der Waals surface area contributed by atoms with E-state index in [9.17, 15) is 8.42 Å². The van der Waals surface area contributed by atoms with E-state index in [0.717, 1.165) is 0 Å². The number of nitrogens with two attached hydrogens (primary N) is 1. The molecule has 118 valence electrons. The number of benzene rings is 1. The molecule has 21 heavy (non-hydrogen) atoms. The molecule has 1 aromatic rings. The summed E-state index contributed by atoms with van der Waals surface area (Å²) in [6, 6.07) is 4.74. The number of sulfonamides is 1. The number of amidine groups is 1. The molecule has 4 N–H and O–H groups in total. The van der Waals surface area contributed by atoms with Gasteiger partial charge in [-0.05, 0) is 32.0 Å². The third-order valence-corrected chi connectivity index (χ3v) is 4.16. The zero-order chi connectivity index (χ0) is 16.0. The van der Waals surface area contributed by atoms with Gasteiger partial charge < -0.3 is 15.7 Å². The maximum absolute atomic E-state index is 12.0. The van der Waals surface area contributed by atoms with Gasteiger partial charge in [0, 0.05) is 10.0 Å². The molecule has 1 rings (SSSR count). The number of nitrogens with zero attached hydrogens (tertiary/aromatic N) is 1. The van der Waals surface area contributed by atoms with Crippen molar-refractivity contribution >= 4 is 37.5 Å². The molecule has 0 amide bonds. The minimum atomic E-state index is -3.60. The monoisotopic (exact) mass is 379 g/mol. The smallest absolute Gasteiger partial charge is 0.235 e. The minimum absolute atomic E-state index is 0.0428. The molecule has 0 atom stereocenters. The first kappa shape index (κ1) is 17.7. The van der Waals surface area contributed by atoms with Crippen LogP contribution in [0.15, 0.2) is 27.8 Å². The molecule has 0 spiro atoms. The van der Waals surface area contributed by atoms with Gasteiger partial charge >= 0.3 is 0 Å². The Kier molecular flexibility index (Phi) is 6.43. The van der Waals surface area contributed by atoms with E-state index in [-0.39, 0.29) is 35.6 Å². The zero-order valence-corrected chi connectivity index (χ0v) is 14.1. The Morgan fingerprint density at radius 1 is 1.52 bits per heavy atom. The van der Waals surface area contributed by atoms with Crippen molar-refractivity contribution in [2.24, 2.45) is 10.9 Å². The molecule has 1 aromatic carbocycles. The average molecular weight is 380 g/mol. The highest BCUT2D eigenvalue weighted by Gasteiger charge is 2.15. The second kappa shape index (κ2) is 7.62. The van der Waals surface area contributed by atoms with Gasteiger partial charge in [-0.3, -0.25) is 4.72 Å². The second-order valence-electron chi connectivity index (χ2n) is 4.52. The summed E-state index contributed by atoms with van der Waals surface area (Å²) in [5.74, 6) is -0.369. The van der Waals surface area contributed by atoms with E-state index in [1.165, 1.54) is 6.07 Å². The average Bonchev–Trinajstić information content (AvgIpc) is 2.36. The van der Waals surface area contributed by atoms with Crippen LogP contribution in [-0.2, 0) is 14.8 Å². The molecule has 0 radical (unpaired) electrons. The molecular formula is C12H18BrN3O4S. The standard InChI is InChI=1S/C12H18BrN3O4S/c1-8(2)20-5-6-21(18,19)16-11-7-9(13)3-4-10(11)12(14)15-17/h3-4,7-8,16-17H,5-6H2,1-2H3,(H2,14,15). The number of oxime groups is 1. The van der Waals surface area contributed by atoms with Crippen molar-refractivity contribution in [1.29, 1.82) is 0 Å². The van der Waals surface area contributed by atoms with Crippen molar-refractivity contribution < 1.29 is 18.4 Å². The predicted molar refractivity (Wildman–Crippen MR) is 85.2 cm³/mol. The predicted octanol–water partition coefficient (Wildman–Crippen LogP) is 1.71. The van der Waals surface area contributed by atoms with Gasteiger partial charge in [-0.2, -0.15) is 0 Å². The van der Waals surface area contributed by atoms with Crippen LogP contribution in [0, 0.1) is 0 Å². The highest BCUT2D eigenvalue weighted by atomic mass is 79.9. The fraction of sp³-hybridized carbons (Fsp3) is 0.417. The van der Waals surface area contributed by atoms with Gasteiger partial charge in [0.1, 0.15) is 0 Å². The van der Waals surface area contributed by atoms with Crippen LogP contribution in [0.2, 0.25) is 0 Å². The second-order valence-corrected chi connectivity index (χ2v) is 7.27. The van der Waals surface area contributed by atoms with E-state index in [1.807, 2.05) is 13.8 Å². The Morgan fingerprint density at radius 3 is 2.76 bits per heavy atom. The Hall–Kier alpha value is -1.32. The number of nitrogens with one attached hydrogen (secondary N) is 1. The first-order valence-electron chi connectivity index (χ1n) is 6.14. The lowest BCUT2D eigenvalue weighted by molar-refractivity contribution is 0.0913. The Bertz CT molecular complexity index is 617. The molecule has 0 aliphatic carbocycles. The highest BCUT2D eigenvalue weighted by Crippen LogP contribution is 2.22. The van der Waals surface area contributed by atoms with E-state index in [1.54, 1.807) is 12.1 Å². The van der Waals surface area contributed by atoms with Crippen LogP contribution in [0.1, 0.15) is 19.4 Å². The SMILES string of the molecule is CC(C)OCCS(=O)(=O)Nc1cc(Br)ccc1/C(N)=N/O. The van der Waals surface area contributed by atoms with Crippen molar-refractivity contribution in [3.63, 3.8) is 0 Å².